The number of aliphatic hydroxyl groups is 1. The third-order valence-electron chi connectivity index (χ3n) is 9.62. The highest BCUT2D eigenvalue weighted by Crippen LogP contribution is 2.64. The standard InChI is InChI=1S/C27H36NO3/c1-24(2)13-14-25(3,28(24)31)15-16-27(30)12-10-23-22-7-5-18-17-19(29)6-8-20(18)21(22)9-11-26(23,27)4/h6,8,17,21-23,29-30H,5,7,9-14H2,1-4H3/t21-,22-,23+,25?,26+,27-/m1/s1. The van der Waals surface area contributed by atoms with E-state index in [2.05, 4.69) is 24.8 Å². The lowest BCUT2D eigenvalue weighted by Crippen LogP contribution is -2.51. The summed E-state index contributed by atoms with van der Waals surface area (Å²) in [6.45, 7) is 8.15. The molecule has 4 nitrogen and oxygen atoms in total. The van der Waals surface area contributed by atoms with Crippen molar-refractivity contribution in [3.05, 3.63) is 29.3 Å². The molecule has 3 fully saturated rings. The first-order chi connectivity index (χ1) is 14.5. The van der Waals surface area contributed by atoms with Gasteiger partial charge in [0.2, 0.25) is 0 Å². The van der Waals surface area contributed by atoms with Gasteiger partial charge in [-0.1, -0.05) is 24.8 Å². The molecule has 4 aliphatic rings. The maximum atomic E-state index is 12.9. The quantitative estimate of drug-likeness (QED) is 0.581. The molecule has 0 bridgehead atoms. The van der Waals surface area contributed by atoms with Crippen LogP contribution < -0.4 is 0 Å². The Morgan fingerprint density at radius 1 is 1.00 bits per heavy atom. The topological polar surface area (TPSA) is 63.6 Å². The molecule has 1 radical (unpaired) electrons. The summed E-state index contributed by atoms with van der Waals surface area (Å²) < 4.78 is 0. The van der Waals surface area contributed by atoms with Gasteiger partial charge in [-0.25, -0.2) is 0 Å². The fourth-order valence-electron chi connectivity index (χ4n) is 7.56. The highest BCUT2D eigenvalue weighted by atomic mass is 16.5. The van der Waals surface area contributed by atoms with E-state index >= 15 is 0 Å². The molecule has 2 N–H and O–H groups in total. The van der Waals surface area contributed by atoms with Crippen LogP contribution in [0.3, 0.4) is 0 Å². The first-order valence-electron chi connectivity index (χ1n) is 12.1. The molecule has 1 heterocycles. The number of fused-ring (bicyclic) bond motifs is 5. The van der Waals surface area contributed by atoms with Gasteiger partial charge in [-0.2, -0.15) is 0 Å². The molecule has 6 atom stereocenters. The number of hydrogen-bond acceptors (Lipinski definition) is 3. The predicted octanol–water partition coefficient (Wildman–Crippen LogP) is 4.96. The molecule has 3 aliphatic carbocycles. The number of nitrogens with zero attached hydrogens (tertiary/aromatic N) is 1. The molecule has 1 aliphatic heterocycles. The smallest absolute Gasteiger partial charge is 0.131 e. The van der Waals surface area contributed by atoms with Crippen LogP contribution in [-0.2, 0) is 11.6 Å². The van der Waals surface area contributed by atoms with Crippen LogP contribution in [0, 0.1) is 29.1 Å². The minimum absolute atomic E-state index is 0.228. The maximum Gasteiger partial charge on any atom is 0.131 e. The summed E-state index contributed by atoms with van der Waals surface area (Å²) in [6, 6.07) is 5.88. The number of rotatable bonds is 0. The monoisotopic (exact) mass is 422 g/mol. The van der Waals surface area contributed by atoms with Crippen LogP contribution in [-0.4, -0.2) is 32.0 Å². The van der Waals surface area contributed by atoms with Gasteiger partial charge in [-0.05, 0) is 113 Å². The third-order valence-corrected chi connectivity index (χ3v) is 9.62. The van der Waals surface area contributed by atoms with Crippen molar-refractivity contribution in [3.63, 3.8) is 0 Å². The van der Waals surface area contributed by atoms with Crippen LogP contribution in [0.15, 0.2) is 18.2 Å². The van der Waals surface area contributed by atoms with Gasteiger partial charge in [0.15, 0.2) is 0 Å². The third kappa shape index (κ3) is 3.00. The van der Waals surface area contributed by atoms with E-state index in [0.29, 0.717) is 29.9 Å². The molecule has 0 aromatic heterocycles. The average molecular weight is 423 g/mol. The van der Waals surface area contributed by atoms with E-state index < -0.39 is 16.7 Å². The molecular weight excluding hydrogens is 386 g/mol. The Hall–Kier alpha value is -1.54. The van der Waals surface area contributed by atoms with Gasteiger partial charge >= 0.3 is 0 Å². The highest BCUT2D eigenvalue weighted by Gasteiger charge is 2.61. The number of aromatic hydroxyl groups is 1. The summed E-state index contributed by atoms with van der Waals surface area (Å²) in [7, 11) is 0. The van der Waals surface area contributed by atoms with Crippen molar-refractivity contribution in [3.8, 4) is 17.6 Å². The zero-order valence-corrected chi connectivity index (χ0v) is 19.4. The number of phenols is 1. The normalized spacial score (nSPS) is 43.5. The second-order valence-corrected chi connectivity index (χ2v) is 11.8. The molecule has 5 rings (SSSR count). The van der Waals surface area contributed by atoms with Crippen molar-refractivity contribution in [2.24, 2.45) is 17.3 Å². The van der Waals surface area contributed by atoms with Crippen molar-refractivity contribution in [1.82, 2.24) is 5.06 Å². The predicted molar refractivity (Wildman–Crippen MR) is 120 cm³/mol. The van der Waals surface area contributed by atoms with E-state index in [1.54, 1.807) is 0 Å². The molecule has 2 saturated carbocycles. The summed E-state index contributed by atoms with van der Waals surface area (Å²) in [5.74, 6) is 8.47. The van der Waals surface area contributed by atoms with Crippen molar-refractivity contribution in [1.29, 1.82) is 0 Å². The van der Waals surface area contributed by atoms with Gasteiger partial charge in [0, 0.05) is 11.0 Å². The molecule has 1 aromatic rings. The summed E-state index contributed by atoms with van der Waals surface area (Å²) in [4.78, 5) is 0. The van der Waals surface area contributed by atoms with E-state index in [1.165, 1.54) is 11.1 Å². The largest absolute Gasteiger partial charge is 0.508 e. The van der Waals surface area contributed by atoms with Crippen LogP contribution >= 0.6 is 0 Å². The summed E-state index contributed by atoms with van der Waals surface area (Å²) in [6.07, 6.45) is 7.40. The molecule has 0 spiro atoms. The Balaban J connectivity index is 1.43. The van der Waals surface area contributed by atoms with Crippen molar-refractivity contribution in [2.45, 2.75) is 102 Å². The molecule has 1 aromatic carbocycles. The highest BCUT2D eigenvalue weighted by molar-refractivity contribution is 5.41. The van der Waals surface area contributed by atoms with Gasteiger partial charge in [-0.3, -0.25) is 0 Å². The van der Waals surface area contributed by atoms with Gasteiger partial charge in [-0.15, -0.1) is 10.3 Å². The lowest BCUT2D eigenvalue weighted by molar-refractivity contribution is -0.234. The van der Waals surface area contributed by atoms with Crippen LogP contribution in [0.4, 0.5) is 0 Å². The Labute approximate surface area is 186 Å². The molecule has 0 amide bonds. The van der Waals surface area contributed by atoms with E-state index in [-0.39, 0.29) is 5.41 Å². The second-order valence-electron chi connectivity index (χ2n) is 11.8. The van der Waals surface area contributed by atoms with Crippen LogP contribution in [0.2, 0.25) is 0 Å². The Kier molecular flexibility index (Phi) is 4.63. The summed E-state index contributed by atoms with van der Waals surface area (Å²) in [5.41, 5.74) is 0.347. The fraction of sp³-hybridized carbons (Fsp3) is 0.704. The number of aryl methyl sites for hydroxylation is 1. The Morgan fingerprint density at radius 3 is 2.48 bits per heavy atom. The van der Waals surface area contributed by atoms with Crippen LogP contribution in [0.1, 0.15) is 89.7 Å². The summed E-state index contributed by atoms with van der Waals surface area (Å²) >= 11 is 0. The van der Waals surface area contributed by atoms with E-state index in [1.807, 2.05) is 32.9 Å². The SMILES string of the molecule is CC1(C)CCC(C)(C#C[C@]2(O)CC[C@H]3[C@@H]4CCc5cc(O)ccc5[C@H]4CC[C@@]32C)N1[O]. The molecular formula is C27H36NO3. The fourth-order valence-corrected chi connectivity index (χ4v) is 7.56. The molecule has 167 valence electrons. The van der Waals surface area contributed by atoms with Gasteiger partial charge in [0.25, 0.3) is 0 Å². The zero-order valence-electron chi connectivity index (χ0n) is 19.4. The molecule has 1 saturated heterocycles. The first kappa shape index (κ1) is 21.3. The molecule has 4 heteroatoms. The first-order valence-corrected chi connectivity index (χ1v) is 12.1. The van der Waals surface area contributed by atoms with E-state index in [4.69, 9.17) is 0 Å². The summed E-state index contributed by atoms with van der Waals surface area (Å²) in [5, 5.41) is 35.7. The minimum Gasteiger partial charge on any atom is -0.508 e. The van der Waals surface area contributed by atoms with Gasteiger partial charge in [0.1, 0.15) is 16.9 Å². The lowest BCUT2D eigenvalue weighted by atomic mass is 9.53. The van der Waals surface area contributed by atoms with E-state index in [9.17, 15) is 15.4 Å². The number of phenolic OH excluding ortho intramolecular Hbond substituents is 1. The molecule has 1 unspecified atom stereocenters. The Bertz CT molecular complexity index is 961. The lowest BCUT2D eigenvalue weighted by Gasteiger charge is -2.52. The van der Waals surface area contributed by atoms with Crippen molar-refractivity contribution in [2.75, 3.05) is 0 Å². The maximum absolute atomic E-state index is 12.9. The number of hydrogen-bond donors (Lipinski definition) is 2. The number of benzene rings is 1. The average Bonchev–Trinajstić information content (AvgIpc) is 3.12. The number of hydroxylamine groups is 2. The van der Waals surface area contributed by atoms with Crippen LogP contribution in [0.25, 0.3) is 0 Å². The van der Waals surface area contributed by atoms with Gasteiger partial charge < -0.3 is 10.2 Å². The second kappa shape index (κ2) is 6.73. The van der Waals surface area contributed by atoms with E-state index in [0.717, 1.165) is 50.0 Å². The Morgan fingerprint density at radius 2 is 1.77 bits per heavy atom. The van der Waals surface area contributed by atoms with Crippen molar-refractivity contribution >= 4 is 0 Å². The van der Waals surface area contributed by atoms with Crippen LogP contribution in [0.5, 0.6) is 5.75 Å². The van der Waals surface area contributed by atoms with Crippen molar-refractivity contribution < 1.29 is 15.4 Å². The molecule has 31 heavy (non-hydrogen) atoms. The minimum atomic E-state index is -1.02. The zero-order chi connectivity index (χ0) is 22.2. The van der Waals surface area contributed by atoms with Gasteiger partial charge in [0.05, 0.1) is 0 Å².